The zero-order valence-electron chi connectivity index (χ0n) is 11.3. The minimum Gasteiger partial charge on any atom is -0.428 e. The van der Waals surface area contributed by atoms with Gasteiger partial charge in [-0.05, 0) is 24.3 Å². The van der Waals surface area contributed by atoms with Gasteiger partial charge < -0.3 is 4.74 Å². The van der Waals surface area contributed by atoms with Crippen molar-refractivity contribution in [3.05, 3.63) is 65.7 Å². The van der Waals surface area contributed by atoms with E-state index in [0.29, 0.717) is 24.3 Å². The predicted molar refractivity (Wildman–Crippen MR) is 67.4 cm³/mol. The number of benzene rings is 2. The molecule has 0 saturated carbocycles. The van der Waals surface area contributed by atoms with Crippen molar-refractivity contribution in [3.63, 3.8) is 0 Å². The molecule has 0 aromatic heterocycles. The number of halogens is 7. The van der Waals surface area contributed by atoms with Crippen molar-refractivity contribution >= 4 is 0 Å². The van der Waals surface area contributed by atoms with Crippen LogP contribution in [0.2, 0.25) is 0 Å². The maximum Gasteiger partial charge on any atom is 0.469 e. The smallest absolute Gasteiger partial charge is 0.428 e. The van der Waals surface area contributed by atoms with Gasteiger partial charge in [-0.1, -0.05) is 30.3 Å². The summed E-state index contributed by atoms with van der Waals surface area (Å²) in [6.45, 7) is 0. The summed E-state index contributed by atoms with van der Waals surface area (Å²) in [7, 11) is 0. The summed E-state index contributed by atoms with van der Waals surface area (Å²) in [5, 5.41) is 0. The van der Waals surface area contributed by atoms with Gasteiger partial charge >= 0.3 is 18.2 Å². The van der Waals surface area contributed by atoms with Crippen LogP contribution in [-0.2, 0) is 12.1 Å². The van der Waals surface area contributed by atoms with E-state index in [1.54, 1.807) is 0 Å². The standard InChI is InChI=1S/C15H9F7O/c16-13(17,10-6-8-11(9-7-10)14(18,19)20)15(21,22)23-12-4-2-1-3-5-12/h1-9H. The van der Waals surface area contributed by atoms with Crippen molar-refractivity contribution in [1.29, 1.82) is 0 Å². The summed E-state index contributed by atoms with van der Waals surface area (Å²) >= 11 is 0. The average molecular weight is 338 g/mol. The molecular formula is C15H9F7O. The van der Waals surface area contributed by atoms with Gasteiger partial charge in [0.25, 0.3) is 0 Å². The van der Waals surface area contributed by atoms with E-state index < -0.39 is 35.1 Å². The Labute approximate surface area is 126 Å². The van der Waals surface area contributed by atoms with Crippen molar-refractivity contribution in [3.8, 4) is 5.75 Å². The molecule has 0 atom stereocenters. The topological polar surface area (TPSA) is 9.23 Å². The third-order valence-electron chi connectivity index (χ3n) is 2.93. The van der Waals surface area contributed by atoms with Crippen LogP contribution < -0.4 is 4.74 Å². The molecule has 0 saturated heterocycles. The monoisotopic (exact) mass is 338 g/mol. The van der Waals surface area contributed by atoms with Gasteiger partial charge in [0.05, 0.1) is 5.56 Å². The van der Waals surface area contributed by atoms with Gasteiger partial charge in [-0.2, -0.15) is 30.7 Å². The van der Waals surface area contributed by atoms with Crippen molar-refractivity contribution in [2.75, 3.05) is 0 Å². The molecule has 0 fully saturated rings. The molecule has 124 valence electrons. The van der Waals surface area contributed by atoms with Gasteiger partial charge in [0.2, 0.25) is 0 Å². The summed E-state index contributed by atoms with van der Waals surface area (Å²) in [4.78, 5) is 0. The van der Waals surface area contributed by atoms with Crippen LogP contribution >= 0.6 is 0 Å². The molecule has 0 aliphatic heterocycles. The molecule has 0 aliphatic rings. The van der Waals surface area contributed by atoms with Crippen molar-refractivity contribution in [1.82, 2.24) is 0 Å². The normalized spacial score (nSPS) is 13.0. The van der Waals surface area contributed by atoms with E-state index >= 15 is 0 Å². The van der Waals surface area contributed by atoms with Gasteiger partial charge in [0.1, 0.15) is 5.75 Å². The first-order chi connectivity index (χ1) is 10.5. The molecule has 1 nitrogen and oxygen atoms in total. The van der Waals surface area contributed by atoms with Crippen LogP contribution in [0.4, 0.5) is 30.7 Å². The first-order valence-corrected chi connectivity index (χ1v) is 6.21. The summed E-state index contributed by atoms with van der Waals surface area (Å²) in [5.41, 5.74) is -2.50. The maximum atomic E-state index is 13.9. The predicted octanol–water partition coefficient (Wildman–Crippen LogP) is 5.47. The quantitative estimate of drug-likeness (QED) is 0.672. The van der Waals surface area contributed by atoms with Crippen LogP contribution in [0.15, 0.2) is 54.6 Å². The average Bonchev–Trinajstić information content (AvgIpc) is 2.47. The Morgan fingerprint density at radius 1 is 0.609 bits per heavy atom. The minimum absolute atomic E-state index is 0.297. The van der Waals surface area contributed by atoms with Crippen molar-refractivity contribution in [2.45, 2.75) is 18.2 Å². The van der Waals surface area contributed by atoms with E-state index in [4.69, 9.17) is 0 Å². The Hall–Kier alpha value is -2.25. The lowest BCUT2D eigenvalue weighted by molar-refractivity contribution is -0.316. The van der Waals surface area contributed by atoms with E-state index in [1.165, 1.54) is 18.2 Å². The molecule has 0 aliphatic carbocycles. The van der Waals surface area contributed by atoms with Crippen LogP contribution in [-0.4, -0.2) is 6.11 Å². The number of ether oxygens (including phenoxy) is 1. The minimum atomic E-state index is -4.94. The first-order valence-electron chi connectivity index (χ1n) is 6.21. The molecule has 0 unspecified atom stereocenters. The van der Waals surface area contributed by atoms with E-state index in [0.717, 1.165) is 12.1 Å². The lowest BCUT2D eigenvalue weighted by Crippen LogP contribution is -2.43. The Balaban J connectivity index is 2.29. The molecule has 2 rings (SSSR count). The summed E-state index contributed by atoms with van der Waals surface area (Å²) in [5.74, 6) is -5.31. The second-order valence-corrected chi connectivity index (χ2v) is 4.58. The molecule has 0 bridgehead atoms. The largest absolute Gasteiger partial charge is 0.469 e. The lowest BCUT2D eigenvalue weighted by atomic mass is 10.0. The Kier molecular flexibility index (Phi) is 4.28. The zero-order chi connectivity index (χ0) is 17.3. The molecule has 8 heteroatoms. The van der Waals surface area contributed by atoms with E-state index in [-0.39, 0.29) is 0 Å². The second-order valence-electron chi connectivity index (χ2n) is 4.58. The number of rotatable bonds is 4. The van der Waals surface area contributed by atoms with E-state index in [9.17, 15) is 30.7 Å². The Morgan fingerprint density at radius 2 is 1.09 bits per heavy atom. The molecular weight excluding hydrogens is 329 g/mol. The van der Waals surface area contributed by atoms with Crippen LogP contribution in [0, 0.1) is 0 Å². The molecule has 0 radical (unpaired) electrons. The molecule has 2 aromatic rings. The maximum absolute atomic E-state index is 13.9. The second kappa shape index (κ2) is 5.75. The molecule has 23 heavy (non-hydrogen) atoms. The van der Waals surface area contributed by atoms with Gasteiger partial charge in [-0.15, -0.1) is 0 Å². The summed E-state index contributed by atoms with van der Waals surface area (Å²) in [6.07, 6.45) is -9.69. The Bertz CT molecular complexity index is 648. The summed E-state index contributed by atoms with van der Waals surface area (Å²) < 4.78 is 96.4. The Morgan fingerprint density at radius 3 is 1.57 bits per heavy atom. The zero-order valence-corrected chi connectivity index (χ0v) is 11.3. The molecule has 0 N–H and O–H groups in total. The lowest BCUT2D eigenvalue weighted by Gasteiger charge is -2.27. The highest BCUT2D eigenvalue weighted by Gasteiger charge is 2.60. The van der Waals surface area contributed by atoms with E-state index in [1.807, 2.05) is 0 Å². The van der Waals surface area contributed by atoms with Crippen LogP contribution in [0.1, 0.15) is 11.1 Å². The number of hydrogen-bond donors (Lipinski definition) is 0. The van der Waals surface area contributed by atoms with Crippen LogP contribution in [0.3, 0.4) is 0 Å². The van der Waals surface area contributed by atoms with Crippen molar-refractivity contribution < 1.29 is 35.5 Å². The van der Waals surface area contributed by atoms with Gasteiger partial charge in [-0.25, -0.2) is 0 Å². The highest BCUT2D eigenvalue weighted by molar-refractivity contribution is 5.29. The number of hydrogen-bond acceptors (Lipinski definition) is 1. The van der Waals surface area contributed by atoms with Crippen LogP contribution in [0.25, 0.3) is 0 Å². The van der Waals surface area contributed by atoms with Crippen LogP contribution in [0.5, 0.6) is 5.75 Å². The SMILES string of the molecule is FC(F)(F)c1ccc(C(F)(F)C(F)(F)Oc2ccccc2)cc1. The third kappa shape index (κ3) is 3.57. The van der Waals surface area contributed by atoms with E-state index in [2.05, 4.69) is 4.74 Å². The highest BCUT2D eigenvalue weighted by Crippen LogP contribution is 2.44. The number of alkyl halides is 7. The third-order valence-corrected chi connectivity index (χ3v) is 2.93. The molecule has 0 heterocycles. The highest BCUT2D eigenvalue weighted by atomic mass is 19.4. The van der Waals surface area contributed by atoms with Gasteiger partial charge in [-0.3, -0.25) is 0 Å². The van der Waals surface area contributed by atoms with Gasteiger partial charge in [0, 0.05) is 5.56 Å². The van der Waals surface area contributed by atoms with Gasteiger partial charge in [0.15, 0.2) is 0 Å². The molecule has 2 aromatic carbocycles. The molecule has 0 amide bonds. The summed E-state index contributed by atoms with van der Waals surface area (Å²) in [6, 6.07) is 7.40. The molecule has 0 spiro atoms. The fourth-order valence-corrected chi connectivity index (χ4v) is 1.74. The fourth-order valence-electron chi connectivity index (χ4n) is 1.74. The fraction of sp³-hybridized carbons (Fsp3) is 0.200. The first kappa shape index (κ1) is 17.1. The van der Waals surface area contributed by atoms with Crippen molar-refractivity contribution in [2.24, 2.45) is 0 Å². The number of para-hydroxylation sites is 1.